The van der Waals surface area contributed by atoms with Gasteiger partial charge in [-0.1, -0.05) is 17.3 Å². The van der Waals surface area contributed by atoms with E-state index in [9.17, 15) is 13.2 Å². The van der Waals surface area contributed by atoms with Crippen molar-refractivity contribution in [1.29, 1.82) is 0 Å². The first kappa shape index (κ1) is 15.7. The maximum atomic E-state index is 12.1. The number of hydrogen-bond donors (Lipinski definition) is 0. The number of ether oxygens (including phenoxy) is 1. The molecule has 4 nitrogen and oxygen atoms in total. The van der Waals surface area contributed by atoms with Crippen LogP contribution in [0.4, 0.5) is 13.2 Å². The minimum absolute atomic E-state index is 0.0807. The van der Waals surface area contributed by atoms with Gasteiger partial charge in [0.2, 0.25) is 5.89 Å². The number of alkyl halides is 3. The summed E-state index contributed by atoms with van der Waals surface area (Å²) in [7, 11) is 0. The number of rotatable bonds is 5. The minimum Gasteiger partial charge on any atom is -0.406 e. The van der Waals surface area contributed by atoms with Gasteiger partial charge in [-0.15, -0.1) is 24.9 Å². The topological polar surface area (TPSA) is 48.2 Å². The highest BCUT2D eigenvalue weighted by Gasteiger charge is 2.31. The second-order valence-electron chi connectivity index (χ2n) is 4.31. The third-order valence-electron chi connectivity index (χ3n) is 2.61. The summed E-state index contributed by atoms with van der Waals surface area (Å²) in [6.07, 6.45) is -4.67. The molecule has 1 aromatic carbocycles. The average molecular weight is 318 g/mol. The highest BCUT2D eigenvalue weighted by atomic mass is 32.2. The molecule has 0 N–H and O–H groups in total. The highest BCUT2D eigenvalue weighted by molar-refractivity contribution is 7.98. The summed E-state index contributed by atoms with van der Waals surface area (Å²) in [4.78, 5) is 4.09. The van der Waals surface area contributed by atoms with E-state index in [2.05, 4.69) is 14.9 Å². The zero-order valence-corrected chi connectivity index (χ0v) is 12.2. The Morgan fingerprint density at radius 3 is 2.48 bits per heavy atom. The lowest BCUT2D eigenvalue weighted by Crippen LogP contribution is -2.17. The van der Waals surface area contributed by atoms with Gasteiger partial charge in [0.25, 0.3) is 0 Å². The Morgan fingerprint density at radius 2 is 1.95 bits per heavy atom. The Bertz CT molecular complexity index is 584. The van der Waals surface area contributed by atoms with Gasteiger partial charge in [0, 0.05) is 5.25 Å². The second kappa shape index (κ2) is 6.38. The predicted octanol–water partition coefficient (Wildman–Crippen LogP) is 4.27. The van der Waals surface area contributed by atoms with Gasteiger partial charge in [0.1, 0.15) is 5.75 Å². The SMILES string of the molecule is Cc1noc(CSC(C)c2ccc(OC(F)(F)F)cc2)n1. The molecular formula is C13H13F3N2O2S. The van der Waals surface area contributed by atoms with Crippen molar-refractivity contribution in [3.63, 3.8) is 0 Å². The van der Waals surface area contributed by atoms with E-state index in [0.29, 0.717) is 17.5 Å². The normalized spacial score (nSPS) is 13.2. The van der Waals surface area contributed by atoms with Crippen LogP contribution in [0.3, 0.4) is 0 Å². The predicted molar refractivity (Wildman–Crippen MR) is 71.9 cm³/mol. The van der Waals surface area contributed by atoms with Crippen LogP contribution in [0.15, 0.2) is 28.8 Å². The van der Waals surface area contributed by atoms with Crippen LogP contribution in [0.1, 0.15) is 29.5 Å². The zero-order chi connectivity index (χ0) is 15.5. The van der Waals surface area contributed by atoms with Gasteiger partial charge in [-0.3, -0.25) is 0 Å². The van der Waals surface area contributed by atoms with Crippen molar-refractivity contribution in [2.45, 2.75) is 31.2 Å². The summed E-state index contributed by atoms with van der Waals surface area (Å²) in [6.45, 7) is 3.69. The fraction of sp³-hybridized carbons (Fsp3) is 0.385. The molecule has 1 aromatic heterocycles. The molecule has 0 aliphatic heterocycles. The van der Waals surface area contributed by atoms with Crippen molar-refractivity contribution in [2.24, 2.45) is 0 Å². The van der Waals surface area contributed by atoms with Crippen molar-refractivity contribution in [1.82, 2.24) is 10.1 Å². The summed E-state index contributed by atoms with van der Waals surface area (Å²) in [5.74, 6) is 1.42. The molecule has 0 bridgehead atoms. The molecule has 1 unspecified atom stereocenters. The maximum absolute atomic E-state index is 12.1. The molecule has 0 spiro atoms. The molecule has 1 heterocycles. The first-order chi connectivity index (χ1) is 9.83. The molecule has 2 aromatic rings. The Hall–Kier alpha value is -1.70. The summed E-state index contributed by atoms with van der Waals surface area (Å²) < 4.78 is 45.0. The molecule has 0 amide bonds. The van der Waals surface area contributed by atoms with E-state index in [0.717, 1.165) is 5.56 Å². The largest absolute Gasteiger partial charge is 0.573 e. The Morgan fingerprint density at radius 1 is 1.29 bits per heavy atom. The lowest BCUT2D eigenvalue weighted by molar-refractivity contribution is -0.274. The van der Waals surface area contributed by atoms with Gasteiger partial charge in [-0.05, 0) is 31.5 Å². The maximum Gasteiger partial charge on any atom is 0.573 e. The van der Waals surface area contributed by atoms with Crippen LogP contribution in [0, 0.1) is 6.92 Å². The van der Waals surface area contributed by atoms with Gasteiger partial charge < -0.3 is 9.26 Å². The molecule has 21 heavy (non-hydrogen) atoms. The molecule has 0 saturated carbocycles. The standard InChI is InChI=1S/C13H13F3N2O2S/c1-8(21-7-12-17-9(2)18-20-12)10-3-5-11(6-4-10)19-13(14,15)16/h3-6,8H,7H2,1-2H3. The Labute approximate surface area is 123 Å². The van der Waals surface area contributed by atoms with Crippen LogP contribution in [0.25, 0.3) is 0 Å². The first-order valence-corrected chi connectivity index (χ1v) is 7.15. The van der Waals surface area contributed by atoms with Gasteiger partial charge in [0.05, 0.1) is 5.75 Å². The van der Waals surface area contributed by atoms with E-state index in [-0.39, 0.29) is 11.0 Å². The minimum atomic E-state index is -4.67. The van der Waals surface area contributed by atoms with Gasteiger partial charge in [-0.25, -0.2) is 0 Å². The van der Waals surface area contributed by atoms with Gasteiger partial charge in [-0.2, -0.15) is 4.98 Å². The van der Waals surface area contributed by atoms with E-state index in [1.807, 2.05) is 6.92 Å². The molecule has 114 valence electrons. The number of benzene rings is 1. The Kier molecular flexibility index (Phi) is 4.76. The molecule has 1 atom stereocenters. The van der Waals surface area contributed by atoms with Crippen LogP contribution in [-0.2, 0) is 5.75 Å². The average Bonchev–Trinajstić information content (AvgIpc) is 2.81. The monoisotopic (exact) mass is 318 g/mol. The molecule has 0 fully saturated rings. The molecule has 0 radical (unpaired) electrons. The van der Waals surface area contributed by atoms with Crippen molar-refractivity contribution in [3.8, 4) is 5.75 Å². The zero-order valence-electron chi connectivity index (χ0n) is 11.3. The first-order valence-electron chi connectivity index (χ1n) is 6.10. The van der Waals surface area contributed by atoms with Gasteiger partial charge in [0.15, 0.2) is 5.82 Å². The van der Waals surface area contributed by atoms with Crippen molar-refractivity contribution < 1.29 is 22.4 Å². The summed E-state index contributed by atoms with van der Waals surface area (Å²) in [5.41, 5.74) is 0.894. The van der Waals surface area contributed by atoms with Crippen molar-refractivity contribution in [2.75, 3.05) is 0 Å². The Balaban J connectivity index is 1.91. The summed E-state index contributed by atoms with van der Waals surface area (Å²) in [5, 5.41) is 3.77. The van der Waals surface area contributed by atoms with E-state index in [4.69, 9.17) is 4.52 Å². The molecule has 8 heteroatoms. The summed E-state index contributed by atoms with van der Waals surface area (Å²) >= 11 is 1.56. The van der Waals surface area contributed by atoms with E-state index in [1.54, 1.807) is 30.8 Å². The van der Waals surface area contributed by atoms with Crippen molar-refractivity contribution >= 4 is 11.8 Å². The second-order valence-corrected chi connectivity index (χ2v) is 5.63. The number of thioether (sulfide) groups is 1. The summed E-state index contributed by atoms with van der Waals surface area (Å²) in [6, 6.07) is 5.82. The smallest absolute Gasteiger partial charge is 0.406 e. The number of halogens is 3. The van der Waals surface area contributed by atoms with E-state index >= 15 is 0 Å². The quantitative estimate of drug-likeness (QED) is 0.824. The molecule has 0 saturated heterocycles. The van der Waals surface area contributed by atoms with Crippen LogP contribution >= 0.6 is 11.8 Å². The van der Waals surface area contributed by atoms with Crippen LogP contribution in [0.5, 0.6) is 5.75 Å². The van der Waals surface area contributed by atoms with Crippen LogP contribution < -0.4 is 4.74 Å². The lowest BCUT2D eigenvalue weighted by atomic mass is 10.2. The molecule has 0 aliphatic rings. The van der Waals surface area contributed by atoms with E-state index in [1.165, 1.54) is 12.1 Å². The van der Waals surface area contributed by atoms with Crippen LogP contribution in [-0.4, -0.2) is 16.5 Å². The highest BCUT2D eigenvalue weighted by Crippen LogP contribution is 2.32. The van der Waals surface area contributed by atoms with Crippen molar-refractivity contribution in [3.05, 3.63) is 41.5 Å². The fourth-order valence-corrected chi connectivity index (χ4v) is 2.49. The fourth-order valence-electron chi connectivity index (χ4n) is 1.63. The number of aryl methyl sites for hydroxylation is 1. The van der Waals surface area contributed by atoms with E-state index < -0.39 is 6.36 Å². The molecular weight excluding hydrogens is 305 g/mol. The number of aromatic nitrogens is 2. The number of hydrogen-bond acceptors (Lipinski definition) is 5. The lowest BCUT2D eigenvalue weighted by Gasteiger charge is -2.12. The molecule has 2 rings (SSSR count). The number of nitrogens with zero attached hydrogens (tertiary/aromatic N) is 2. The van der Waals surface area contributed by atoms with Gasteiger partial charge >= 0.3 is 6.36 Å². The third kappa shape index (κ3) is 4.96. The third-order valence-corrected chi connectivity index (χ3v) is 3.80. The molecule has 0 aliphatic carbocycles. The van der Waals surface area contributed by atoms with Crippen LogP contribution in [0.2, 0.25) is 0 Å².